The van der Waals surface area contributed by atoms with Crippen molar-refractivity contribution in [2.24, 2.45) is 0 Å². The SMILES string of the molecule is FC(F)(F)c1ccnc(-c2cc(Cl)c(Cl)c(Cl)c2)c1Cl. The lowest BCUT2D eigenvalue weighted by Crippen LogP contribution is -2.07. The smallest absolute Gasteiger partial charge is 0.255 e. The number of rotatable bonds is 1. The normalized spacial score (nSPS) is 11.8. The fourth-order valence-corrected chi connectivity index (χ4v) is 2.48. The number of hydrogen-bond donors (Lipinski definition) is 0. The third kappa shape index (κ3) is 2.98. The summed E-state index contributed by atoms with van der Waals surface area (Å²) in [5.41, 5.74) is -0.797. The molecule has 1 aromatic heterocycles. The van der Waals surface area contributed by atoms with E-state index in [1.54, 1.807) is 0 Å². The molecule has 0 atom stereocenters. The molecule has 0 aliphatic carbocycles. The maximum absolute atomic E-state index is 12.8. The predicted octanol–water partition coefficient (Wildman–Crippen LogP) is 6.38. The van der Waals surface area contributed by atoms with Gasteiger partial charge in [0.2, 0.25) is 0 Å². The fourth-order valence-electron chi connectivity index (χ4n) is 1.56. The lowest BCUT2D eigenvalue weighted by atomic mass is 10.1. The highest BCUT2D eigenvalue weighted by atomic mass is 35.5. The summed E-state index contributed by atoms with van der Waals surface area (Å²) < 4.78 is 38.3. The molecule has 0 saturated carbocycles. The molecule has 2 rings (SSSR count). The summed E-state index contributed by atoms with van der Waals surface area (Å²) in [4.78, 5) is 3.84. The first-order valence-corrected chi connectivity index (χ1v) is 6.59. The van der Waals surface area contributed by atoms with Gasteiger partial charge in [0.1, 0.15) is 0 Å². The highest BCUT2D eigenvalue weighted by molar-refractivity contribution is 6.48. The van der Waals surface area contributed by atoms with Crippen LogP contribution in [-0.2, 0) is 6.18 Å². The van der Waals surface area contributed by atoms with Gasteiger partial charge in [-0.3, -0.25) is 4.98 Å². The number of alkyl halides is 3. The number of hydrogen-bond acceptors (Lipinski definition) is 1. The Bertz CT molecular complexity index is 647. The molecule has 0 unspecified atom stereocenters. The maximum atomic E-state index is 12.8. The first kappa shape index (κ1) is 15.7. The number of nitrogens with zero attached hydrogens (tertiary/aromatic N) is 1. The Kier molecular flexibility index (Phi) is 4.40. The Labute approximate surface area is 132 Å². The molecule has 0 aliphatic heterocycles. The number of halogens is 7. The van der Waals surface area contributed by atoms with Crippen LogP contribution < -0.4 is 0 Å². The molecule has 0 amide bonds. The summed E-state index contributed by atoms with van der Waals surface area (Å²) >= 11 is 23.2. The van der Waals surface area contributed by atoms with Crippen LogP contribution in [-0.4, -0.2) is 4.98 Å². The van der Waals surface area contributed by atoms with Crippen molar-refractivity contribution in [2.45, 2.75) is 6.18 Å². The van der Waals surface area contributed by atoms with Crippen molar-refractivity contribution >= 4 is 46.4 Å². The number of benzene rings is 1. The van der Waals surface area contributed by atoms with E-state index in [0.717, 1.165) is 12.3 Å². The molecule has 0 fully saturated rings. The minimum atomic E-state index is -4.57. The zero-order valence-corrected chi connectivity index (χ0v) is 12.4. The minimum Gasteiger partial charge on any atom is -0.255 e. The number of aromatic nitrogens is 1. The van der Waals surface area contributed by atoms with E-state index >= 15 is 0 Å². The first-order chi connectivity index (χ1) is 9.21. The van der Waals surface area contributed by atoms with Gasteiger partial charge in [-0.2, -0.15) is 13.2 Å². The van der Waals surface area contributed by atoms with E-state index in [0.29, 0.717) is 0 Å². The quantitative estimate of drug-likeness (QED) is 0.537. The second-order valence-electron chi connectivity index (χ2n) is 3.77. The van der Waals surface area contributed by atoms with Gasteiger partial charge in [0.15, 0.2) is 0 Å². The summed E-state index contributed by atoms with van der Waals surface area (Å²) in [6.45, 7) is 0. The largest absolute Gasteiger partial charge is 0.417 e. The average molecular weight is 361 g/mol. The average Bonchev–Trinajstić information content (AvgIpc) is 2.34. The van der Waals surface area contributed by atoms with E-state index in [2.05, 4.69) is 4.98 Å². The lowest BCUT2D eigenvalue weighted by Gasteiger charge is -2.12. The topological polar surface area (TPSA) is 12.9 Å². The summed E-state index contributed by atoms with van der Waals surface area (Å²) in [6.07, 6.45) is -3.56. The fraction of sp³-hybridized carbons (Fsp3) is 0.0833. The van der Waals surface area contributed by atoms with Gasteiger partial charge in [-0.1, -0.05) is 46.4 Å². The van der Waals surface area contributed by atoms with Crippen LogP contribution in [0.5, 0.6) is 0 Å². The van der Waals surface area contributed by atoms with Gasteiger partial charge in [-0.25, -0.2) is 0 Å². The molecule has 0 N–H and O–H groups in total. The molecule has 0 saturated heterocycles. The van der Waals surface area contributed by atoms with Gasteiger partial charge >= 0.3 is 6.18 Å². The van der Waals surface area contributed by atoms with Gasteiger partial charge in [0.05, 0.1) is 31.3 Å². The molecule has 1 heterocycles. The van der Waals surface area contributed by atoms with Crippen molar-refractivity contribution in [3.05, 3.63) is 50.0 Å². The predicted molar refractivity (Wildman–Crippen MR) is 74.7 cm³/mol. The van der Waals surface area contributed by atoms with Crippen LogP contribution in [0.3, 0.4) is 0 Å². The zero-order chi connectivity index (χ0) is 15.1. The first-order valence-electron chi connectivity index (χ1n) is 5.08. The van der Waals surface area contributed by atoms with Crippen LogP contribution in [0.2, 0.25) is 20.1 Å². The van der Waals surface area contributed by atoms with Crippen LogP contribution in [0.15, 0.2) is 24.4 Å². The minimum absolute atomic E-state index is 0.0676. The number of pyridine rings is 1. The van der Waals surface area contributed by atoms with E-state index in [9.17, 15) is 13.2 Å². The van der Waals surface area contributed by atoms with Crippen molar-refractivity contribution in [3.8, 4) is 11.3 Å². The Balaban J connectivity index is 2.66. The Morgan fingerprint density at radius 2 is 1.45 bits per heavy atom. The van der Waals surface area contributed by atoms with Crippen LogP contribution in [0.4, 0.5) is 13.2 Å². The maximum Gasteiger partial charge on any atom is 0.417 e. The highest BCUT2D eigenvalue weighted by Crippen LogP contribution is 2.41. The van der Waals surface area contributed by atoms with Gasteiger partial charge in [-0.15, -0.1) is 0 Å². The summed E-state index contributed by atoms with van der Waals surface area (Å²) in [5, 5.41) is -0.205. The summed E-state index contributed by atoms with van der Waals surface area (Å²) in [5.74, 6) is 0. The molecule has 8 heteroatoms. The Morgan fingerprint density at radius 1 is 0.900 bits per heavy atom. The Hall–Kier alpha value is -0.680. The van der Waals surface area contributed by atoms with E-state index in [-0.39, 0.29) is 26.3 Å². The summed E-state index contributed by atoms with van der Waals surface area (Å²) in [6, 6.07) is 3.50. The van der Waals surface area contributed by atoms with Gasteiger partial charge in [0.25, 0.3) is 0 Å². The molecule has 2 aromatic rings. The molecule has 1 aromatic carbocycles. The summed E-state index contributed by atoms with van der Waals surface area (Å²) in [7, 11) is 0. The molecule has 0 bridgehead atoms. The molecule has 0 radical (unpaired) electrons. The monoisotopic (exact) mass is 359 g/mol. The van der Waals surface area contributed by atoms with Gasteiger partial charge in [-0.05, 0) is 18.2 Å². The van der Waals surface area contributed by atoms with E-state index in [1.165, 1.54) is 12.1 Å². The van der Waals surface area contributed by atoms with Crippen molar-refractivity contribution in [3.63, 3.8) is 0 Å². The molecule has 1 nitrogen and oxygen atoms in total. The molecular weight excluding hydrogens is 357 g/mol. The molecule has 106 valence electrons. The third-order valence-electron chi connectivity index (χ3n) is 2.45. The molecule has 0 aliphatic rings. The second kappa shape index (κ2) is 5.60. The van der Waals surface area contributed by atoms with Gasteiger partial charge in [0, 0.05) is 11.8 Å². The second-order valence-corrected chi connectivity index (χ2v) is 5.34. The van der Waals surface area contributed by atoms with E-state index in [4.69, 9.17) is 46.4 Å². The van der Waals surface area contributed by atoms with Crippen LogP contribution in [0.1, 0.15) is 5.56 Å². The third-order valence-corrected chi connectivity index (χ3v) is 4.03. The van der Waals surface area contributed by atoms with E-state index < -0.39 is 16.8 Å². The van der Waals surface area contributed by atoms with Crippen LogP contribution in [0.25, 0.3) is 11.3 Å². The van der Waals surface area contributed by atoms with Crippen molar-refractivity contribution in [2.75, 3.05) is 0 Å². The molecule has 20 heavy (non-hydrogen) atoms. The van der Waals surface area contributed by atoms with Crippen molar-refractivity contribution < 1.29 is 13.2 Å². The standard InChI is InChI=1S/C12H4Cl4F3N/c13-7-3-5(4-8(14)10(7)16)11-9(15)6(1-2-20-11)12(17,18)19/h1-4H. The van der Waals surface area contributed by atoms with Crippen LogP contribution in [0, 0.1) is 0 Å². The molecular formula is C12H4Cl4F3N. The molecule has 0 spiro atoms. The highest BCUT2D eigenvalue weighted by Gasteiger charge is 2.34. The van der Waals surface area contributed by atoms with Gasteiger partial charge < -0.3 is 0 Å². The zero-order valence-electron chi connectivity index (χ0n) is 9.40. The van der Waals surface area contributed by atoms with Crippen molar-refractivity contribution in [1.29, 1.82) is 0 Å². The lowest BCUT2D eigenvalue weighted by molar-refractivity contribution is -0.137. The van der Waals surface area contributed by atoms with Crippen LogP contribution >= 0.6 is 46.4 Å². The van der Waals surface area contributed by atoms with E-state index in [1.807, 2.05) is 0 Å². The Morgan fingerprint density at radius 3 is 1.95 bits per heavy atom. The van der Waals surface area contributed by atoms with Crippen molar-refractivity contribution in [1.82, 2.24) is 4.98 Å².